The number of rotatable bonds is 3. The van der Waals surface area contributed by atoms with Crippen molar-refractivity contribution < 1.29 is 0 Å². The van der Waals surface area contributed by atoms with Crippen LogP contribution in [-0.4, -0.2) is 5.25 Å². The number of thioether (sulfide) groups is 1. The zero-order valence-electron chi connectivity index (χ0n) is 9.12. The van der Waals surface area contributed by atoms with Crippen LogP contribution in [0.4, 0.5) is 0 Å². The Labute approximate surface area is 104 Å². The predicted octanol–water partition coefficient (Wildman–Crippen LogP) is 4.46. The highest BCUT2D eigenvalue weighted by Crippen LogP contribution is 2.33. The molecule has 0 N–H and O–H groups in total. The maximum Gasteiger partial charge on any atom is 0.0992 e. The first kappa shape index (κ1) is 12.6. The van der Waals surface area contributed by atoms with Crippen molar-refractivity contribution >= 4 is 27.7 Å². The third kappa shape index (κ3) is 3.55. The fraction of sp³-hybridized carbons (Fsp3) is 0.417. The minimum atomic E-state index is 0.578. The molecule has 15 heavy (non-hydrogen) atoms. The van der Waals surface area contributed by atoms with Crippen LogP contribution in [0, 0.1) is 17.2 Å². The monoisotopic (exact) mass is 283 g/mol. The topological polar surface area (TPSA) is 23.8 Å². The van der Waals surface area contributed by atoms with Gasteiger partial charge in [0.05, 0.1) is 11.6 Å². The van der Waals surface area contributed by atoms with Gasteiger partial charge in [-0.2, -0.15) is 5.26 Å². The Balaban J connectivity index is 2.84. The van der Waals surface area contributed by atoms with E-state index in [0.29, 0.717) is 16.7 Å². The molecule has 0 fully saturated rings. The maximum atomic E-state index is 8.75. The van der Waals surface area contributed by atoms with E-state index in [1.54, 1.807) is 0 Å². The third-order valence-corrected chi connectivity index (χ3v) is 4.76. The van der Waals surface area contributed by atoms with Gasteiger partial charge >= 0.3 is 0 Å². The molecule has 80 valence electrons. The molecule has 1 aromatic rings. The number of nitriles is 1. The van der Waals surface area contributed by atoms with Gasteiger partial charge in [-0.25, -0.2) is 0 Å². The summed E-state index contributed by atoms with van der Waals surface area (Å²) in [6, 6.07) is 7.87. The van der Waals surface area contributed by atoms with Crippen LogP contribution in [-0.2, 0) is 0 Å². The van der Waals surface area contributed by atoms with Gasteiger partial charge in [-0.3, -0.25) is 0 Å². The van der Waals surface area contributed by atoms with Crippen molar-refractivity contribution in [3.63, 3.8) is 0 Å². The number of hydrogen-bond donors (Lipinski definition) is 0. The lowest BCUT2D eigenvalue weighted by Crippen LogP contribution is -2.05. The summed E-state index contributed by atoms with van der Waals surface area (Å²) < 4.78 is 1.01. The number of hydrogen-bond acceptors (Lipinski definition) is 2. The second-order valence-corrected chi connectivity index (χ2v) is 6.10. The third-order valence-electron chi connectivity index (χ3n) is 2.31. The lowest BCUT2D eigenvalue weighted by atomic mass is 10.2. The van der Waals surface area contributed by atoms with Crippen molar-refractivity contribution in [2.45, 2.75) is 30.9 Å². The van der Waals surface area contributed by atoms with E-state index in [9.17, 15) is 0 Å². The Morgan fingerprint density at radius 2 is 2.00 bits per heavy atom. The molecule has 0 aliphatic carbocycles. The van der Waals surface area contributed by atoms with Gasteiger partial charge in [-0.1, -0.05) is 20.8 Å². The van der Waals surface area contributed by atoms with Gasteiger partial charge in [-0.05, 0) is 40.0 Å². The van der Waals surface area contributed by atoms with Crippen LogP contribution in [0.1, 0.15) is 26.3 Å². The van der Waals surface area contributed by atoms with E-state index < -0.39 is 0 Å². The van der Waals surface area contributed by atoms with Crippen LogP contribution in [0.15, 0.2) is 27.6 Å². The van der Waals surface area contributed by atoms with Crippen LogP contribution in [0.3, 0.4) is 0 Å². The number of nitrogens with zero attached hydrogens (tertiary/aromatic N) is 1. The van der Waals surface area contributed by atoms with Crippen molar-refractivity contribution in [3.8, 4) is 6.07 Å². The predicted molar refractivity (Wildman–Crippen MR) is 69.0 cm³/mol. The van der Waals surface area contributed by atoms with Gasteiger partial charge in [0.2, 0.25) is 0 Å². The smallest absolute Gasteiger partial charge is 0.0992 e. The van der Waals surface area contributed by atoms with Gasteiger partial charge in [-0.15, -0.1) is 11.8 Å². The SMILES string of the molecule is CC(C)C(C)Sc1ccc(C#N)cc1Br. The Hall–Kier alpha value is -0.460. The summed E-state index contributed by atoms with van der Waals surface area (Å²) in [6.45, 7) is 6.66. The molecule has 1 unspecified atom stereocenters. The van der Waals surface area contributed by atoms with Gasteiger partial charge in [0.25, 0.3) is 0 Å². The largest absolute Gasteiger partial charge is 0.192 e. The van der Waals surface area contributed by atoms with Crippen molar-refractivity contribution in [2.24, 2.45) is 5.92 Å². The molecular formula is C12H14BrNS. The summed E-state index contributed by atoms with van der Waals surface area (Å²) >= 11 is 5.33. The molecule has 0 radical (unpaired) electrons. The van der Waals surface area contributed by atoms with Crippen molar-refractivity contribution in [2.75, 3.05) is 0 Å². The first-order chi connectivity index (χ1) is 7.04. The molecule has 3 heteroatoms. The molecule has 0 heterocycles. The second-order valence-electron chi connectivity index (χ2n) is 3.82. The minimum Gasteiger partial charge on any atom is -0.192 e. The second kappa shape index (κ2) is 5.58. The molecule has 0 spiro atoms. The van der Waals surface area contributed by atoms with Crippen molar-refractivity contribution in [1.82, 2.24) is 0 Å². The summed E-state index contributed by atoms with van der Waals surface area (Å²) in [5.41, 5.74) is 0.698. The first-order valence-corrected chi connectivity index (χ1v) is 6.58. The molecule has 0 saturated carbocycles. The molecule has 1 rings (SSSR count). The maximum absolute atomic E-state index is 8.75. The zero-order chi connectivity index (χ0) is 11.4. The molecule has 0 saturated heterocycles. The van der Waals surface area contributed by atoms with E-state index in [-0.39, 0.29) is 0 Å². The summed E-state index contributed by atoms with van der Waals surface area (Å²) in [5.74, 6) is 0.651. The van der Waals surface area contributed by atoms with E-state index in [0.717, 1.165) is 4.47 Å². The fourth-order valence-electron chi connectivity index (χ4n) is 1.00. The molecule has 1 aromatic carbocycles. The lowest BCUT2D eigenvalue weighted by Gasteiger charge is -2.15. The Bertz CT molecular complexity index is 382. The highest BCUT2D eigenvalue weighted by atomic mass is 79.9. The van der Waals surface area contributed by atoms with E-state index >= 15 is 0 Å². The first-order valence-electron chi connectivity index (χ1n) is 4.91. The Kier molecular flexibility index (Phi) is 4.69. The number of halogens is 1. The van der Waals surface area contributed by atoms with Crippen molar-refractivity contribution in [3.05, 3.63) is 28.2 Å². The van der Waals surface area contributed by atoms with Crippen LogP contribution in [0.5, 0.6) is 0 Å². The summed E-state index contributed by atoms with van der Waals surface area (Å²) in [4.78, 5) is 1.20. The zero-order valence-corrected chi connectivity index (χ0v) is 11.5. The quantitative estimate of drug-likeness (QED) is 0.765. The molecule has 1 atom stereocenters. The molecule has 0 aliphatic heterocycles. The van der Waals surface area contributed by atoms with E-state index in [4.69, 9.17) is 5.26 Å². The van der Waals surface area contributed by atoms with Gasteiger partial charge in [0, 0.05) is 14.6 Å². The normalized spacial score (nSPS) is 12.5. The molecule has 1 nitrogen and oxygen atoms in total. The summed E-state index contributed by atoms with van der Waals surface area (Å²) in [6.07, 6.45) is 0. The Morgan fingerprint density at radius 3 is 2.47 bits per heavy atom. The molecule has 0 bridgehead atoms. The summed E-state index contributed by atoms with van der Waals surface area (Å²) in [5, 5.41) is 9.32. The standard InChI is InChI=1S/C12H14BrNS/c1-8(2)9(3)15-12-5-4-10(7-14)6-11(12)13/h4-6,8-9H,1-3H3. The van der Waals surface area contributed by atoms with Gasteiger partial charge < -0.3 is 0 Å². The fourth-order valence-corrected chi connectivity index (χ4v) is 2.65. The van der Waals surface area contributed by atoms with Gasteiger partial charge in [0.1, 0.15) is 0 Å². The van der Waals surface area contributed by atoms with Crippen LogP contribution in [0.2, 0.25) is 0 Å². The number of benzene rings is 1. The highest BCUT2D eigenvalue weighted by Gasteiger charge is 2.11. The molecule has 0 aromatic heterocycles. The van der Waals surface area contributed by atoms with Gasteiger partial charge in [0.15, 0.2) is 0 Å². The van der Waals surface area contributed by atoms with Crippen LogP contribution >= 0.6 is 27.7 Å². The Morgan fingerprint density at radius 1 is 1.33 bits per heavy atom. The van der Waals surface area contributed by atoms with E-state index in [2.05, 4.69) is 42.8 Å². The van der Waals surface area contributed by atoms with Crippen LogP contribution < -0.4 is 0 Å². The van der Waals surface area contributed by atoms with Crippen molar-refractivity contribution in [1.29, 1.82) is 5.26 Å². The minimum absolute atomic E-state index is 0.578. The lowest BCUT2D eigenvalue weighted by molar-refractivity contribution is 0.642. The molecule has 0 aliphatic rings. The van der Waals surface area contributed by atoms with E-state index in [1.807, 2.05) is 30.0 Å². The van der Waals surface area contributed by atoms with Crippen LogP contribution in [0.25, 0.3) is 0 Å². The molecular weight excluding hydrogens is 270 g/mol. The highest BCUT2D eigenvalue weighted by molar-refractivity contribution is 9.10. The van der Waals surface area contributed by atoms with E-state index in [1.165, 1.54) is 4.90 Å². The summed E-state index contributed by atoms with van der Waals surface area (Å²) in [7, 11) is 0. The molecule has 0 amide bonds. The average molecular weight is 284 g/mol. The average Bonchev–Trinajstić information content (AvgIpc) is 2.20.